The van der Waals surface area contributed by atoms with Crippen LogP contribution in [0.25, 0.3) is 0 Å². The quantitative estimate of drug-likeness (QED) is 0.782. The number of carbonyl (C=O) groups is 1. The normalized spacial score (nSPS) is 17.3. The van der Waals surface area contributed by atoms with Crippen LogP contribution in [0.3, 0.4) is 0 Å². The van der Waals surface area contributed by atoms with Gasteiger partial charge in [-0.05, 0) is 19.1 Å². The molecule has 0 N–H and O–H groups in total. The highest BCUT2D eigenvalue weighted by molar-refractivity contribution is 5.83. The number of carbonyl (C=O) groups excluding carboxylic acids is 1. The summed E-state index contributed by atoms with van der Waals surface area (Å²) in [5.74, 6) is -0.389. The van der Waals surface area contributed by atoms with Crippen molar-refractivity contribution in [3.63, 3.8) is 0 Å². The number of aryl methyl sites for hydroxylation is 1. The molecule has 1 atom stereocenters. The van der Waals surface area contributed by atoms with Crippen LogP contribution in [-0.2, 0) is 22.3 Å². The number of esters is 1. The molecule has 23 heavy (non-hydrogen) atoms. The van der Waals surface area contributed by atoms with Gasteiger partial charge in [-0.15, -0.1) is 0 Å². The van der Waals surface area contributed by atoms with Crippen molar-refractivity contribution in [2.45, 2.75) is 25.7 Å². The van der Waals surface area contributed by atoms with Gasteiger partial charge in [0.15, 0.2) is 6.04 Å². The van der Waals surface area contributed by atoms with E-state index in [9.17, 15) is 18.0 Å². The predicted octanol–water partition coefficient (Wildman–Crippen LogP) is 1.69. The Morgan fingerprint density at radius 1 is 1.39 bits per heavy atom. The van der Waals surface area contributed by atoms with Crippen LogP contribution in [0, 0.1) is 6.92 Å². The first-order valence-corrected chi connectivity index (χ1v) is 6.62. The summed E-state index contributed by atoms with van der Waals surface area (Å²) in [4.78, 5) is 21.4. The smallest absolute Gasteiger partial charge is 0.416 e. The summed E-state index contributed by atoms with van der Waals surface area (Å²) in [5, 5.41) is 3.94. The van der Waals surface area contributed by atoms with E-state index in [1.54, 1.807) is 0 Å². The lowest BCUT2D eigenvalue weighted by Gasteiger charge is -2.23. The largest absolute Gasteiger partial charge is 0.467 e. The number of alkyl halides is 3. The molecule has 1 aliphatic heterocycles. The zero-order chi connectivity index (χ0) is 16.8. The van der Waals surface area contributed by atoms with Gasteiger partial charge < -0.3 is 4.74 Å². The molecule has 0 fully saturated rings. The molecule has 0 radical (unpaired) electrons. The van der Waals surface area contributed by atoms with Crippen LogP contribution in [0.2, 0.25) is 0 Å². The molecule has 0 aromatic carbocycles. The maximum absolute atomic E-state index is 13.0. The standard InChI is InChI=1S/C13H12F3N5O2/c1-7-3-8(13(14,15)16)4-10(19-7)21-9(11(22)23-2)5-20-12(21)17-6-18-20/h3-4,6,9H,5H2,1-2H3. The Morgan fingerprint density at radius 2 is 2.13 bits per heavy atom. The lowest BCUT2D eigenvalue weighted by Crippen LogP contribution is -2.37. The van der Waals surface area contributed by atoms with E-state index in [1.165, 1.54) is 29.9 Å². The Kier molecular flexibility index (Phi) is 3.46. The maximum Gasteiger partial charge on any atom is 0.416 e. The van der Waals surface area contributed by atoms with Crippen molar-refractivity contribution in [1.29, 1.82) is 0 Å². The molecule has 2 aromatic rings. The van der Waals surface area contributed by atoms with Crippen LogP contribution >= 0.6 is 0 Å². The highest BCUT2D eigenvalue weighted by atomic mass is 19.4. The number of hydrogen-bond donors (Lipinski definition) is 0. The molecule has 10 heteroatoms. The molecule has 3 rings (SSSR count). The Labute approximate surface area is 128 Å². The summed E-state index contributed by atoms with van der Waals surface area (Å²) in [5.41, 5.74) is -0.669. The molecule has 122 valence electrons. The molecule has 0 saturated carbocycles. The number of hydrogen-bond acceptors (Lipinski definition) is 6. The van der Waals surface area contributed by atoms with Gasteiger partial charge in [-0.1, -0.05) is 0 Å². The topological polar surface area (TPSA) is 73.1 Å². The van der Waals surface area contributed by atoms with Crippen LogP contribution in [0.15, 0.2) is 18.5 Å². The van der Waals surface area contributed by atoms with Gasteiger partial charge in [0.1, 0.15) is 12.1 Å². The van der Waals surface area contributed by atoms with Gasteiger partial charge >= 0.3 is 12.1 Å². The van der Waals surface area contributed by atoms with E-state index in [4.69, 9.17) is 4.74 Å². The molecule has 0 spiro atoms. The summed E-state index contributed by atoms with van der Waals surface area (Å²) in [7, 11) is 1.21. The molecule has 7 nitrogen and oxygen atoms in total. The molecule has 0 saturated heterocycles. The molecule has 1 aliphatic rings. The minimum atomic E-state index is -4.52. The van der Waals surface area contributed by atoms with Gasteiger partial charge in [0.25, 0.3) is 0 Å². The van der Waals surface area contributed by atoms with E-state index in [-0.39, 0.29) is 24.0 Å². The molecular weight excluding hydrogens is 315 g/mol. The van der Waals surface area contributed by atoms with Crippen molar-refractivity contribution in [3.8, 4) is 0 Å². The second-order valence-electron chi connectivity index (χ2n) is 5.00. The molecule has 0 amide bonds. The number of pyridine rings is 1. The van der Waals surface area contributed by atoms with Crippen LogP contribution in [-0.4, -0.2) is 38.9 Å². The number of aromatic nitrogens is 4. The summed E-state index contributed by atoms with van der Waals surface area (Å²) in [6, 6.07) is 0.955. The number of fused-ring (bicyclic) bond motifs is 1. The van der Waals surface area contributed by atoms with Crippen LogP contribution in [0.5, 0.6) is 0 Å². The fraction of sp³-hybridized carbons (Fsp3) is 0.385. The first-order valence-electron chi connectivity index (χ1n) is 6.62. The van der Waals surface area contributed by atoms with Crippen LogP contribution < -0.4 is 4.90 Å². The van der Waals surface area contributed by atoms with Gasteiger partial charge in [0.05, 0.1) is 19.2 Å². The molecule has 2 aromatic heterocycles. The highest BCUT2D eigenvalue weighted by Gasteiger charge is 2.40. The number of rotatable bonds is 2. The third-order valence-corrected chi connectivity index (χ3v) is 3.46. The van der Waals surface area contributed by atoms with Gasteiger partial charge in [-0.25, -0.2) is 14.5 Å². The van der Waals surface area contributed by atoms with Crippen LogP contribution in [0.1, 0.15) is 11.3 Å². The van der Waals surface area contributed by atoms with E-state index >= 15 is 0 Å². The summed E-state index contributed by atoms with van der Waals surface area (Å²) in [6.07, 6.45) is -3.26. The third-order valence-electron chi connectivity index (χ3n) is 3.46. The number of methoxy groups -OCH3 is 1. The van der Waals surface area contributed by atoms with Crippen molar-refractivity contribution in [2.75, 3.05) is 12.0 Å². The van der Waals surface area contributed by atoms with Crippen molar-refractivity contribution < 1.29 is 22.7 Å². The van der Waals surface area contributed by atoms with Crippen LogP contribution in [0.4, 0.5) is 24.9 Å². The van der Waals surface area contributed by atoms with E-state index in [0.717, 1.165) is 12.1 Å². The Hall–Kier alpha value is -2.65. The average molecular weight is 327 g/mol. The summed E-state index contributed by atoms with van der Waals surface area (Å²) >= 11 is 0. The Morgan fingerprint density at radius 3 is 2.78 bits per heavy atom. The van der Waals surface area contributed by atoms with E-state index < -0.39 is 23.8 Å². The number of halogens is 3. The number of ether oxygens (including phenoxy) is 1. The molecular formula is C13H12F3N5O2. The monoisotopic (exact) mass is 327 g/mol. The average Bonchev–Trinajstić information content (AvgIpc) is 3.04. The van der Waals surface area contributed by atoms with Gasteiger partial charge in [-0.2, -0.15) is 23.3 Å². The van der Waals surface area contributed by atoms with E-state index in [2.05, 4.69) is 15.1 Å². The molecule has 1 unspecified atom stereocenters. The lowest BCUT2D eigenvalue weighted by molar-refractivity contribution is -0.142. The van der Waals surface area contributed by atoms with Gasteiger partial charge in [0, 0.05) is 5.69 Å². The Bertz CT molecular complexity index is 758. The predicted molar refractivity (Wildman–Crippen MR) is 71.9 cm³/mol. The van der Waals surface area contributed by atoms with Crippen molar-refractivity contribution >= 4 is 17.7 Å². The SMILES string of the molecule is COC(=O)C1Cn2ncnc2N1c1cc(C(F)(F)F)cc(C)n1. The van der Waals surface area contributed by atoms with Crippen molar-refractivity contribution in [3.05, 3.63) is 29.7 Å². The maximum atomic E-state index is 13.0. The minimum absolute atomic E-state index is 0.0283. The molecule has 3 heterocycles. The van der Waals surface area contributed by atoms with Crippen molar-refractivity contribution in [2.24, 2.45) is 0 Å². The van der Waals surface area contributed by atoms with Gasteiger partial charge in [0.2, 0.25) is 5.95 Å². The number of nitrogens with zero attached hydrogens (tertiary/aromatic N) is 5. The molecule has 0 aliphatic carbocycles. The second kappa shape index (κ2) is 5.21. The van der Waals surface area contributed by atoms with E-state index in [1.807, 2.05) is 0 Å². The fourth-order valence-electron chi connectivity index (χ4n) is 2.47. The Balaban J connectivity index is 2.11. The first-order chi connectivity index (χ1) is 10.8. The van der Waals surface area contributed by atoms with Crippen molar-refractivity contribution in [1.82, 2.24) is 19.7 Å². The molecule has 0 bridgehead atoms. The van der Waals surface area contributed by atoms with Gasteiger partial charge in [-0.3, -0.25) is 4.90 Å². The lowest BCUT2D eigenvalue weighted by atomic mass is 10.2. The van der Waals surface area contributed by atoms with E-state index in [0.29, 0.717) is 0 Å². The second-order valence-corrected chi connectivity index (χ2v) is 5.00. The zero-order valence-corrected chi connectivity index (χ0v) is 12.2. The highest BCUT2D eigenvalue weighted by Crippen LogP contribution is 2.36. The summed E-state index contributed by atoms with van der Waals surface area (Å²) in [6.45, 7) is 1.58. The third kappa shape index (κ3) is 2.60. The zero-order valence-electron chi connectivity index (χ0n) is 12.2. The summed E-state index contributed by atoms with van der Waals surface area (Å²) < 4.78 is 45.2. The minimum Gasteiger partial charge on any atom is -0.467 e. The fourth-order valence-corrected chi connectivity index (χ4v) is 2.47. The number of anilines is 2. The first kappa shape index (κ1) is 15.3.